The molecule has 1 N–H and O–H groups in total. The second kappa shape index (κ2) is 5.50. The second-order valence-electron chi connectivity index (χ2n) is 5.40. The first-order valence-electron chi connectivity index (χ1n) is 6.92. The van der Waals surface area contributed by atoms with Gasteiger partial charge in [-0.15, -0.1) is 11.6 Å². The van der Waals surface area contributed by atoms with E-state index in [0.29, 0.717) is 17.3 Å². The van der Waals surface area contributed by atoms with E-state index >= 15 is 0 Å². The van der Waals surface area contributed by atoms with Crippen molar-refractivity contribution in [2.75, 3.05) is 13.2 Å². The minimum Gasteiger partial charge on any atom is -0.493 e. The third kappa shape index (κ3) is 2.65. The molecule has 3 rings (SSSR count). The predicted molar refractivity (Wildman–Crippen MR) is 74.6 cm³/mol. The van der Waals surface area contributed by atoms with Crippen LogP contribution in [-0.2, 0) is 0 Å². The zero-order valence-corrected chi connectivity index (χ0v) is 11.3. The minimum atomic E-state index is 0.401. The van der Waals surface area contributed by atoms with Crippen LogP contribution in [0, 0.1) is 0 Å². The highest BCUT2D eigenvalue weighted by Crippen LogP contribution is 2.33. The van der Waals surface area contributed by atoms with Crippen molar-refractivity contribution < 1.29 is 4.74 Å². The van der Waals surface area contributed by atoms with Crippen LogP contribution in [0.3, 0.4) is 0 Å². The first-order chi connectivity index (χ1) is 8.83. The number of hydrogen-bond acceptors (Lipinski definition) is 2. The molecule has 0 saturated heterocycles. The number of nitrogens with one attached hydrogen (secondary N) is 1. The Bertz CT molecular complexity index is 401. The van der Waals surface area contributed by atoms with Gasteiger partial charge < -0.3 is 10.1 Å². The Morgan fingerprint density at radius 3 is 2.78 bits per heavy atom. The summed E-state index contributed by atoms with van der Waals surface area (Å²) < 4.78 is 5.71. The van der Waals surface area contributed by atoms with Gasteiger partial charge in [-0.05, 0) is 31.7 Å². The monoisotopic (exact) mass is 265 g/mol. The van der Waals surface area contributed by atoms with Crippen LogP contribution in [0.2, 0.25) is 0 Å². The molecule has 0 aromatic heterocycles. The SMILES string of the molecule is ClC1CCC(NCC2COc3ccccc32)CC1. The minimum absolute atomic E-state index is 0.401. The van der Waals surface area contributed by atoms with Gasteiger partial charge in [-0.2, -0.15) is 0 Å². The highest BCUT2D eigenvalue weighted by molar-refractivity contribution is 6.20. The first-order valence-corrected chi connectivity index (χ1v) is 7.36. The Hall–Kier alpha value is -0.730. The molecule has 3 heteroatoms. The van der Waals surface area contributed by atoms with E-state index in [2.05, 4.69) is 23.5 Å². The molecule has 1 heterocycles. The number of benzene rings is 1. The number of para-hydroxylation sites is 1. The van der Waals surface area contributed by atoms with Crippen molar-refractivity contribution in [1.29, 1.82) is 0 Å². The molecule has 1 atom stereocenters. The standard InChI is InChI=1S/C15H20ClNO/c16-12-5-7-13(8-6-12)17-9-11-10-18-15-4-2-1-3-14(11)15/h1-4,11-13,17H,5-10H2. The summed E-state index contributed by atoms with van der Waals surface area (Å²) in [6.07, 6.45) is 4.72. The smallest absolute Gasteiger partial charge is 0.122 e. The lowest BCUT2D eigenvalue weighted by atomic mass is 9.94. The molecule has 1 aliphatic carbocycles. The fourth-order valence-electron chi connectivity index (χ4n) is 2.96. The largest absolute Gasteiger partial charge is 0.493 e. The Morgan fingerprint density at radius 2 is 1.94 bits per heavy atom. The zero-order valence-electron chi connectivity index (χ0n) is 10.6. The Balaban J connectivity index is 1.53. The molecule has 2 aliphatic rings. The Morgan fingerprint density at radius 1 is 1.17 bits per heavy atom. The lowest BCUT2D eigenvalue weighted by Gasteiger charge is -2.26. The van der Waals surface area contributed by atoms with Crippen molar-refractivity contribution in [3.8, 4) is 5.75 Å². The maximum Gasteiger partial charge on any atom is 0.122 e. The van der Waals surface area contributed by atoms with E-state index < -0.39 is 0 Å². The summed E-state index contributed by atoms with van der Waals surface area (Å²) in [4.78, 5) is 0. The van der Waals surface area contributed by atoms with Crippen molar-refractivity contribution in [3.63, 3.8) is 0 Å². The molecule has 0 spiro atoms. The van der Waals surface area contributed by atoms with Crippen LogP contribution < -0.4 is 10.1 Å². The lowest BCUT2D eigenvalue weighted by molar-refractivity contribution is 0.310. The van der Waals surface area contributed by atoms with Gasteiger partial charge in [0.25, 0.3) is 0 Å². The quantitative estimate of drug-likeness (QED) is 0.847. The van der Waals surface area contributed by atoms with Crippen LogP contribution in [0.1, 0.15) is 37.2 Å². The van der Waals surface area contributed by atoms with Gasteiger partial charge in [0.1, 0.15) is 5.75 Å². The first kappa shape index (κ1) is 12.3. The van der Waals surface area contributed by atoms with Gasteiger partial charge >= 0.3 is 0 Å². The van der Waals surface area contributed by atoms with Crippen molar-refractivity contribution in [1.82, 2.24) is 5.32 Å². The van der Waals surface area contributed by atoms with Crippen molar-refractivity contribution in [2.24, 2.45) is 0 Å². The average molecular weight is 266 g/mol. The molecule has 0 bridgehead atoms. The van der Waals surface area contributed by atoms with E-state index in [1.54, 1.807) is 0 Å². The van der Waals surface area contributed by atoms with E-state index in [0.717, 1.165) is 31.7 Å². The van der Waals surface area contributed by atoms with Gasteiger partial charge in [0.2, 0.25) is 0 Å². The van der Waals surface area contributed by atoms with Gasteiger partial charge in [-0.3, -0.25) is 0 Å². The van der Waals surface area contributed by atoms with Gasteiger partial charge in [-0.25, -0.2) is 0 Å². The molecule has 0 amide bonds. The predicted octanol–water partition coefficient (Wildman–Crippen LogP) is 3.30. The summed E-state index contributed by atoms with van der Waals surface area (Å²) in [7, 11) is 0. The maximum absolute atomic E-state index is 6.13. The van der Waals surface area contributed by atoms with E-state index in [4.69, 9.17) is 16.3 Å². The fourth-order valence-corrected chi connectivity index (χ4v) is 3.22. The second-order valence-corrected chi connectivity index (χ2v) is 6.02. The highest BCUT2D eigenvalue weighted by atomic mass is 35.5. The van der Waals surface area contributed by atoms with Gasteiger partial charge in [0, 0.05) is 29.4 Å². The summed E-state index contributed by atoms with van der Waals surface area (Å²) in [6, 6.07) is 9.03. The molecule has 1 unspecified atom stereocenters. The summed E-state index contributed by atoms with van der Waals surface area (Å²) in [5, 5.41) is 4.09. The number of halogens is 1. The summed E-state index contributed by atoms with van der Waals surface area (Å²) in [5.74, 6) is 1.57. The number of fused-ring (bicyclic) bond motifs is 1. The normalized spacial score (nSPS) is 30.8. The number of hydrogen-bond donors (Lipinski definition) is 1. The molecule has 1 fully saturated rings. The van der Waals surface area contributed by atoms with Crippen LogP contribution in [-0.4, -0.2) is 24.6 Å². The molecule has 1 aliphatic heterocycles. The fraction of sp³-hybridized carbons (Fsp3) is 0.600. The Kier molecular flexibility index (Phi) is 3.76. The number of ether oxygens (including phenoxy) is 1. The zero-order chi connectivity index (χ0) is 12.4. The highest BCUT2D eigenvalue weighted by Gasteiger charge is 2.25. The third-order valence-electron chi connectivity index (χ3n) is 4.11. The average Bonchev–Trinajstić information content (AvgIpc) is 2.82. The van der Waals surface area contributed by atoms with E-state index in [1.165, 1.54) is 18.4 Å². The lowest BCUT2D eigenvalue weighted by Crippen LogP contribution is -2.36. The molecular formula is C15H20ClNO. The van der Waals surface area contributed by atoms with Crippen LogP contribution >= 0.6 is 11.6 Å². The topological polar surface area (TPSA) is 21.3 Å². The maximum atomic E-state index is 6.13. The van der Waals surface area contributed by atoms with Gasteiger partial charge in [-0.1, -0.05) is 18.2 Å². The van der Waals surface area contributed by atoms with Crippen LogP contribution in [0.15, 0.2) is 24.3 Å². The van der Waals surface area contributed by atoms with Crippen LogP contribution in [0.5, 0.6) is 5.75 Å². The van der Waals surface area contributed by atoms with E-state index in [9.17, 15) is 0 Å². The molecule has 2 nitrogen and oxygen atoms in total. The van der Waals surface area contributed by atoms with Gasteiger partial charge in [0.05, 0.1) is 6.61 Å². The molecule has 1 aromatic rings. The molecular weight excluding hydrogens is 246 g/mol. The molecule has 98 valence electrons. The molecule has 1 aromatic carbocycles. The van der Waals surface area contributed by atoms with Crippen LogP contribution in [0.25, 0.3) is 0 Å². The summed E-state index contributed by atoms with van der Waals surface area (Å²) in [6.45, 7) is 1.84. The van der Waals surface area contributed by atoms with E-state index in [-0.39, 0.29) is 0 Å². The molecule has 0 radical (unpaired) electrons. The number of rotatable bonds is 3. The van der Waals surface area contributed by atoms with E-state index in [1.807, 2.05) is 6.07 Å². The third-order valence-corrected chi connectivity index (χ3v) is 4.54. The number of alkyl halides is 1. The Labute approximate surface area is 114 Å². The van der Waals surface area contributed by atoms with Crippen molar-refractivity contribution in [2.45, 2.75) is 43.0 Å². The van der Waals surface area contributed by atoms with Crippen molar-refractivity contribution >= 4 is 11.6 Å². The summed E-state index contributed by atoms with van der Waals surface area (Å²) in [5.41, 5.74) is 1.36. The van der Waals surface area contributed by atoms with Crippen molar-refractivity contribution in [3.05, 3.63) is 29.8 Å². The van der Waals surface area contributed by atoms with Crippen LogP contribution in [0.4, 0.5) is 0 Å². The van der Waals surface area contributed by atoms with Gasteiger partial charge in [0.15, 0.2) is 0 Å². The molecule has 1 saturated carbocycles. The molecule has 18 heavy (non-hydrogen) atoms. The summed E-state index contributed by atoms with van der Waals surface area (Å²) >= 11 is 6.13.